The van der Waals surface area contributed by atoms with Crippen molar-refractivity contribution >= 4 is 0 Å². The fourth-order valence-corrected chi connectivity index (χ4v) is 2.23. The highest BCUT2D eigenvalue weighted by atomic mass is 19.1. The van der Waals surface area contributed by atoms with Crippen LogP contribution in [0.3, 0.4) is 0 Å². The molecule has 0 aromatic rings. The van der Waals surface area contributed by atoms with Crippen molar-refractivity contribution in [2.45, 2.75) is 43.0 Å². The minimum atomic E-state index is -1.13. The van der Waals surface area contributed by atoms with E-state index in [4.69, 9.17) is 5.73 Å². The molecule has 2 aliphatic carbocycles. The van der Waals surface area contributed by atoms with Crippen LogP contribution in [0.5, 0.6) is 0 Å². The molecule has 3 atom stereocenters. The van der Waals surface area contributed by atoms with Gasteiger partial charge in [-0.2, -0.15) is 0 Å². The van der Waals surface area contributed by atoms with Gasteiger partial charge in [0.05, 0.1) is 6.10 Å². The fraction of sp³-hybridized carbons (Fsp3) is 1.00. The normalized spacial score (nSPS) is 59.7. The van der Waals surface area contributed by atoms with Crippen LogP contribution in [0.1, 0.15) is 25.7 Å². The molecule has 0 spiro atoms. The number of halogens is 1. The largest absolute Gasteiger partial charge is 0.391 e. The van der Waals surface area contributed by atoms with E-state index in [-0.39, 0.29) is 6.42 Å². The number of fused-ring (bicyclic) bond motifs is 2. The second-order valence-electron chi connectivity index (χ2n) is 3.78. The lowest BCUT2D eigenvalue weighted by atomic mass is 9.91. The van der Waals surface area contributed by atoms with Crippen molar-refractivity contribution in [1.82, 2.24) is 0 Å². The maximum Gasteiger partial charge on any atom is 0.115 e. The predicted molar refractivity (Wildman–Crippen MR) is 35.2 cm³/mol. The van der Waals surface area contributed by atoms with E-state index >= 15 is 0 Å². The van der Waals surface area contributed by atoms with Crippen LogP contribution in [0, 0.1) is 0 Å². The molecule has 2 aliphatic rings. The Bertz CT molecular complexity index is 175. The Morgan fingerprint density at radius 1 is 1.50 bits per heavy atom. The van der Waals surface area contributed by atoms with Crippen molar-refractivity contribution in [3.63, 3.8) is 0 Å². The number of nitrogens with two attached hydrogens (primary N) is 1. The summed E-state index contributed by atoms with van der Waals surface area (Å²) < 4.78 is 13.3. The van der Waals surface area contributed by atoms with Gasteiger partial charge in [0.25, 0.3) is 0 Å². The molecule has 3 N–H and O–H groups in total. The van der Waals surface area contributed by atoms with E-state index in [0.717, 1.165) is 0 Å². The maximum atomic E-state index is 13.3. The van der Waals surface area contributed by atoms with Gasteiger partial charge in [0.15, 0.2) is 0 Å². The Kier molecular flexibility index (Phi) is 1.01. The summed E-state index contributed by atoms with van der Waals surface area (Å²) in [4.78, 5) is 0. The number of rotatable bonds is 0. The second-order valence-corrected chi connectivity index (χ2v) is 3.78. The van der Waals surface area contributed by atoms with E-state index < -0.39 is 17.3 Å². The summed E-state index contributed by atoms with van der Waals surface area (Å²) in [6.45, 7) is 0. The van der Waals surface area contributed by atoms with E-state index in [1.165, 1.54) is 0 Å². The first-order valence-electron chi connectivity index (χ1n) is 3.70. The molecule has 0 radical (unpaired) electrons. The van der Waals surface area contributed by atoms with Crippen LogP contribution in [0.2, 0.25) is 0 Å². The molecule has 2 fully saturated rings. The van der Waals surface area contributed by atoms with Crippen LogP contribution in [0.4, 0.5) is 4.39 Å². The van der Waals surface area contributed by atoms with Gasteiger partial charge in [0.1, 0.15) is 5.67 Å². The molecule has 3 heteroatoms. The number of hydrogen-bond acceptors (Lipinski definition) is 2. The summed E-state index contributed by atoms with van der Waals surface area (Å²) in [6.07, 6.45) is 1.20. The zero-order valence-electron chi connectivity index (χ0n) is 5.81. The van der Waals surface area contributed by atoms with Gasteiger partial charge in [-0.15, -0.1) is 0 Å². The van der Waals surface area contributed by atoms with Crippen molar-refractivity contribution in [3.8, 4) is 0 Å². The lowest BCUT2D eigenvalue weighted by Crippen LogP contribution is -2.45. The van der Waals surface area contributed by atoms with Crippen molar-refractivity contribution < 1.29 is 9.50 Å². The van der Waals surface area contributed by atoms with Crippen LogP contribution in [0.25, 0.3) is 0 Å². The smallest absolute Gasteiger partial charge is 0.115 e. The van der Waals surface area contributed by atoms with E-state index in [2.05, 4.69) is 0 Å². The summed E-state index contributed by atoms with van der Waals surface area (Å²) >= 11 is 0. The molecule has 10 heavy (non-hydrogen) atoms. The van der Waals surface area contributed by atoms with E-state index in [9.17, 15) is 9.50 Å². The van der Waals surface area contributed by atoms with Gasteiger partial charge in [-0.25, -0.2) is 4.39 Å². The van der Waals surface area contributed by atoms with Crippen LogP contribution in [0.15, 0.2) is 0 Å². The van der Waals surface area contributed by atoms with Gasteiger partial charge < -0.3 is 10.8 Å². The van der Waals surface area contributed by atoms with Crippen molar-refractivity contribution in [1.29, 1.82) is 0 Å². The average molecular weight is 145 g/mol. The molecule has 0 heterocycles. The van der Waals surface area contributed by atoms with Crippen LogP contribution >= 0.6 is 0 Å². The van der Waals surface area contributed by atoms with Gasteiger partial charge >= 0.3 is 0 Å². The molecule has 2 bridgehead atoms. The van der Waals surface area contributed by atoms with Crippen molar-refractivity contribution in [2.24, 2.45) is 5.73 Å². The SMILES string of the molecule is NC12CCC(F)(CC1O)C2. The molecule has 0 aromatic carbocycles. The van der Waals surface area contributed by atoms with Crippen LogP contribution < -0.4 is 5.73 Å². The highest BCUT2D eigenvalue weighted by Crippen LogP contribution is 2.51. The third kappa shape index (κ3) is 0.648. The quantitative estimate of drug-likeness (QED) is 0.516. The number of alkyl halides is 1. The number of aliphatic hydroxyl groups is 1. The predicted octanol–water partition coefficient (Wildman–Crippen LogP) is 0.341. The van der Waals surface area contributed by atoms with E-state index in [1.54, 1.807) is 0 Å². The van der Waals surface area contributed by atoms with Gasteiger partial charge in [-0.05, 0) is 12.8 Å². The summed E-state index contributed by atoms with van der Waals surface area (Å²) in [6, 6.07) is 0. The zero-order valence-corrected chi connectivity index (χ0v) is 5.81. The van der Waals surface area contributed by atoms with Crippen molar-refractivity contribution in [3.05, 3.63) is 0 Å². The van der Waals surface area contributed by atoms with Crippen LogP contribution in [-0.2, 0) is 0 Å². The Morgan fingerprint density at radius 3 is 2.40 bits per heavy atom. The molecule has 58 valence electrons. The molecule has 0 aromatic heterocycles. The topological polar surface area (TPSA) is 46.2 Å². The van der Waals surface area contributed by atoms with E-state index in [0.29, 0.717) is 19.3 Å². The zero-order chi connectivity index (χ0) is 7.41. The lowest BCUT2D eigenvalue weighted by molar-refractivity contribution is 0.0658. The van der Waals surface area contributed by atoms with Gasteiger partial charge in [-0.1, -0.05) is 0 Å². The van der Waals surface area contributed by atoms with Crippen molar-refractivity contribution in [2.75, 3.05) is 0 Å². The Labute approximate surface area is 59.2 Å². The average Bonchev–Trinajstić information content (AvgIpc) is 2.17. The third-order valence-electron chi connectivity index (χ3n) is 2.91. The first kappa shape index (κ1) is 6.55. The summed E-state index contributed by atoms with van der Waals surface area (Å²) in [5, 5.41) is 9.28. The third-order valence-corrected chi connectivity index (χ3v) is 2.91. The molecule has 2 nitrogen and oxygen atoms in total. The van der Waals surface area contributed by atoms with E-state index in [1.807, 2.05) is 0 Å². The first-order valence-corrected chi connectivity index (χ1v) is 3.70. The molecule has 0 saturated heterocycles. The molecular formula is C7H12FNO. The summed E-state index contributed by atoms with van der Waals surface area (Å²) in [5.41, 5.74) is 4.02. The standard InChI is InChI=1S/C7H12FNO/c8-6-1-2-7(9,4-6)5(10)3-6/h5,10H,1-4,9H2. The molecule has 3 unspecified atom stereocenters. The van der Waals surface area contributed by atoms with Crippen LogP contribution in [-0.4, -0.2) is 22.4 Å². The highest BCUT2D eigenvalue weighted by molar-refractivity contribution is 5.14. The minimum Gasteiger partial charge on any atom is -0.391 e. The molecule has 0 aliphatic heterocycles. The second kappa shape index (κ2) is 1.53. The Hall–Kier alpha value is -0.150. The maximum absolute atomic E-state index is 13.3. The van der Waals surface area contributed by atoms with Gasteiger partial charge in [0, 0.05) is 18.4 Å². The number of hydrogen-bond donors (Lipinski definition) is 2. The fourth-order valence-electron chi connectivity index (χ4n) is 2.23. The monoisotopic (exact) mass is 145 g/mol. The van der Waals surface area contributed by atoms with Gasteiger partial charge in [0.2, 0.25) is 0 Å². The Balaban J connectivity index is 2.28. The Morgan fingerprint density at radius 2 is 2.20 bits per heavy atom. The molecular weight excluding hydrogens is 133 g/mol. The molecule has 2 rings (SSSR count). The minimum absolute atomic E-state index is 0.253. The number of aliphatic hydroxyl groups excluding tert-OH is 1. The van der Waals surface area contributed by atoms with Gasteiger partial charge in [-0.3, -0.25) is 0 Å². The highest BCUT2D eigenvalue weighted by Gasteiger charge is 2.58. The molecule has 2 saturated carbocycles. The summed E-state index contributed by atoms with van der Waals surface area (Å²) in [7, 11) is 0. The molecule has 0 amide bonds. The lowest BCUT2D eigenvalue weighted by Gasteiger charge is -2.26. The summed E-state index contributed by atoms with van der Waals surface area (Å²) in [5.74, 6) is 0. The first-order chi connectivity index (χ1) is 4.54.